The molecular weight excluding hydrogens is 332 g/mol. The van der Waals surface area contributed by atoms with E-state index in [-0.39, 0.29) is 0 Å². The highest BCUT2D eigenvalue weighted by atomic mass is 15.3. The van der Waals surface area contributed by atoms with Crippen LogP contribution in [0.25, 0.3) is 40.0 Å². The van der Waals surface area contributed by atoms with Crippen LogP contribution in [0.1, 0.15) is 11.4 Å². The van der Waals surface area contributed by atoms with Crippen molar-refractivity contribution in [1.82, 2.24) is 19.6 Å². The van der Waals surface area contributed by atoms with Gasteiger partial charge >= 0.3 is 0 Å². The second kappa shape index (κ2) is 6.50. The highest BCUT2D eigenvalue weighted by molar-refractivity contribution is 5.90. The lowest BCUT2D eigenvalue weighted by molar-refractivity contribution is 1.08. The van der Waals surface area contributed by atoms with Gasteiger partial charge in [-0.15, -0.1) is 10.2 Å². The zero-order chi connectivity index (χ0) is 18.1. The van der Waals surface area contributed by atoms with E-state index >= 15 is 0 Å². The van der Waals surface area contributed by atoms with Gasteiger partial charge in [0.2, 0.25) is 0 Å². The molecule has 0 aliphatic rings. The standard InChI is InChI=1S/C23H16N4/c1-3-8-17(9-4-1)13-14-21-25-26-23-20(18-10-5-2-6-11-18)16-19-12-7-15-24-22(19)27(21)23/h1-16H/b14-13+. The zero-order valence-electron chi connectivity index (χ0n) is 14.5. The summed E-state index contributed by atoms with van der Waals surface area (Å²) in [4.78, 5) is 4.58. The van der Waals surface area contributed by atoms with Crippen LogP contribution in [0.2, 0.25) is 0 Å². The fourth-order valence-electron chi connectivity index (χ4n) is 3.28. The Balaban J connectivity index is 1.77. The van der Waals surface area contributed by atoms with Crippen molar-refractivity contribution >= 4 is 28.8 Å². The van der Waals surface area contributed by atoms with Gasteiger partial charge in [0.15, 0.2) is 11.5 Å². The van der Waals surface area contributed by atoms with Crippen molar-refractivity contribution in [3.8, 4) is 11.1 Å². The van der Waals surface area contributed by atoms with E-state index in [2.05, 4.69) is 51.6 Å². The zero-order valence-corrected chi connectivity index (χ0v) is 14.5. The van der Waals surface area contributed by atoms with Crippen molar-refractivity contribution in [3.05, 3.63) is 96.4 Å². The van der Waals surface area contributed by atoms with Gasteiger partial charge in [0, 0.05) is 17.1 Å². The molecule has 5 rings (SSSR count). The molecule has 4 nitrogen and oxygen atoms in total. The molecule has 0 aliphatic carbocycles. The first-order valence-electron chi connectivity index (χ1n) is 8.81. The van der Waals surface area contributed by atoms with Gasteiger partial charge in [0.25, 0.3) is 0 Å². The Morgan fingerprint density at radius 1 is 0.704 bits per heavy atom. The first kappa shape index (κ1) is 15.5. The summed E-state index contributed by atoms with van der Waals surface area (Å²) in [5.74, 6) is 0.760. The van der Waals surface area contributed by atoms with Gasteiger partial charge in [-0.1, -0.05) is 66.7 Å². The highest BCUT2D eigenvalue weighted by Crippen LogP contribution is 2.28. The molecule has 0 fully saturated rings. The maximum absolute atomic E-state index is 4.58. The predicted molar refractivity (Wildman–Crippen MR) is 109 cm³/mol. The lowest BCUT2D eigenvalue weighted by atomic mass is 10.1. The fourth-order valence-corrected chi connectivity index (χ4v) is 3.28. The Kier molecular flexibility index (Phi) is 3.72. The molecule has 5 aromatic rings. The molecule has 3 aromatic heterocycles. The maximum Gasteiger partial charge on any atom is 0.170 e. The molecule has 0 radical (unpaired) electrons. The van der Waals surface area contributed by atoms with Crippen LogP contribution in [-0.2, 0) is 0 Å². The van der Waals surface area contributed by atoms with Crippen LogP contribution in [0, 0.1) is 0 Å². The number of fused-ring (bicyclic) bond motifs is 3. The number of hydrogen-bond acceptors (Lipinski definition) is 3. The van der Waals surface area contributed by atoms with Crippen molar-refractivity contribution in [2.24, 2.45) is 0 Å². The summed E-state index contributed by atoms with van der Waals surface area (Å²) in [6.07, 6.45) is 5.83. The molecule has 0 unspecified atom stereocenters. The fraction of sp³-hybridized carbons (Fsp3) is 0. The maximum atomic E-state index is 4.58. The lowest BCUT2D eigenvalue weighted by Gasteiger charge is -2.08. The number of rotatable bonds is 3. The van der Waals surface area contributed by atoms with Crippen molar-refractivity contribution in [2.45, 2.75) is 0 Å². The second-order valence-corrected chi connectivity index (χ2v) is 6.30. The molecule has 0 N–H and O–H groups in total. The largest absolute Gasteiger partial charge is 0.258 e. The van der Waals surface area contributed by atoms with Crippen molar-refractivity contribution < 1.29 is 0 Å². The summed E-state index contributed by atoms with van der Waals surface area (Å²) in [6, 6.07) is 26.6. The number of nitrogens with zero attached hydrogens (tertiary/aromatic N) is 4. The molecule has 0 spiro atoms. The molecule has 2 aromatic carbocycles. The molecule has 0 bridgehead atoms. The summed E-state index contributed by atoms with van der Waals surface area (Å²) < 4.78 is 2.02. The predicted octanol–water partition coefficient (Wildman–Crippen LogP) is 5.11. The quantitative estimate of drug-likeness (QED) is 0.455. The minimum Gasteiger partial charge on any atom is -0.258 e. The molecule has 0 saturated carbocycles. The summed E-state index contributed by atoms with van der Waals surface area (Å²) in [5, 5.41) is 9.97. The molecule has 27 heavy (non-hydrogen) atoms. The average molecular weight is 348 g/mol. The van der Waals surface area contributed by atoms with E-state index < -0.39 is 0 Å². The molecular formula is C23H16N4. The third-order valence-corrected chi connectivity index (χ3v) is 4.57. The number of pyridine rings is 2. The van der Waals surface area contributed by atoms with Gasteiger partial charge in [0.05, 0.1) is 0 Å². The Bertz CT molecular complexity index is 1260. The van der Waals surface area contributed by atoms with E-state index in [9.17, 15) is 0 Å². The van der Waals surface area contributed by atoms with E-state index in [1.165, 1.54) is 0 Å². The number of benzene rings is 2. The minimum atomic E-state index is 0.760. The molecule has 128 valence electrons. The monoisotopic (exact) mass is 348 g/mol. The topological polar surface area (TPSA) is 43.1 Å². The van der Waals surface area contributed by atoms with Crippen LogP contribution in [0.15, 0.2) is 85.1 Å². The molecule has 0 atom stereocenters. The van der Waals surface area contributed by atoms with Crippen molar-refractivity contribution in [2.75, 3.05) is 0 Å². The van der Waals surface area contributed by atoms with Crippen LogP contribution in [0.4, 0.5) is 0 Å². The number of aromatic nitrogens is 4. The molecule has 0 aliphatic heterocycles. The van der Waals surface area contributed by atoms with Crippen LogP contribution in [0.3, 0.4) is 0 Å². The summed E-state index contributed by atoms with van der Waals surface area (Å²) >= 11 is 0. The van der Waals surface area contributed by atoms with Gasteiger partial charge in [-0.25, -0.2) is 4.98 Å². The SMILES string of the molecule is C(=C\c1nnc2c(-c3ccccc3)cc3cccnc3n12)/c1ccccc1. The highest BCUT2D eigenvalue weighted by Gasteiger charge is 2.14. The van der Waals surface area contributed by atoms with E-state index in [0.717, 1.165) is 39.2 Å². The van der Waals surface area contributed by atoms with Gasteiger partial charge in [-0.3, -0.25) is 4.40 Å². The Hall–Kier alpha value is -3.79. The van der Waals surface area contributed by atoms with Crippen molar-refractivity contribution in [1.29, 1.82) is 0 Å². The van der Waals surface area contributed by atoms with E-state index in [1.54, 1.807) is 6.20 Å². The molecule has 4 heteroatoms. The average Bonchev–Trinajstić information content (AvgIpc) is 3.17. The first-order chi connectivity index (χ1) is 13.4. The normalized spacial score (nSPS) is 11.6. The van der Waals surface area contributed by atoms with Crippen LogP contribution in [-0.4, -0.2) is 19.6 Å². The van der Waals surface area contributed by atoms with Gasteiger partial charge in [-0.2, -0.15) is 0 Å². The lowest BCUT2D eigenvalue weighted by Crippen LogP contribution is -1.96. The second-order valence-electron chi connectivity index (χ2n) is 6.30. The van der Waals surface area contributed by atoms with Crippen LogP contribution in [0.5, 0.6) is 0 Å². The van der Waals surface area contributed by atoms with E-state index in [0.29, 0.717) is 0 Å². The van der Waals surface area contributed by atoms with Crippen molar-refractivity contribution in [3.63, 3.8) is 0 Å². The number of hydrogen-bond donors (Lipinski definition) is 0. The molecule has 0 saturated heterocycles. The van der Waals surface area contributed by atoms with Gasteiger partial charge < -0.3 is 0 Å². The summed E-state index contributed by atoms with van der Waals surface area (Å²) in [5.41, 5.74) is 4.93. The Morgan fingerprint density at radius 3 is 2.30 bits per heavy atom. The molecule has 0 amide bonds. The smallest absolute Gasteiger partial charge is 0.170 e. The van der Waals surface area contributed by atoms with E-state index in [1.807, 2.05) is 59.0 Å². The Labute approximate surface area is 156 Å². The van der Waals surface area contributed by atoms with Crippen LogP contribution >= 0.6 is 0 Å². The first-order valence-corrected chi connectivity index (χ1v) is 8.81. The summed E-state index contributed by atoms with van der Waals surface area (Å²) in [6.45, 7) is 0. The van der Waals surface area contributed by atoms with Gasteiger partial charge in [-0.05, 0) is 35.4 Å². The van der Waals surface area contributed by atoms with E-state index in [4.69, 9.17) is 0 Å². The van der Waals surface area contributed by atoms with Gasteiger partial charge in [0.1, 0.15) is 5.65 Å². The minimum absolute atomic E-state index is 0.760. The van der Waals surface area contributed by atoms with Crippen LogP contribution < -0.4 is 0 Å². The summed E-state index contributed by atoms with van der Waals surface area (Å²) in [7, 11) is 0. The molecule has 3 heterocycles. The third kappa shape index (κ3) is 2.77. The third-order valence-electron chi connectivity index (χ3n) is 4.57. The Morgan fingerprint density at radius 2 is 1.48 bits per heavy atom.